The van der Waals surface area contributed by atoms with Crippen molar-refractivity contribution in [2.24, 2.45) is 5.92 Å². The summed E-state index contributed by atoms with van der Waals surface area (Å²) in [6, 6.07) is 2.48. The van der Waals surface area contributed by atoms with Gasteiger partial charge in [0, 0.05) is 13.0 Å². The van der Waals surface area contributed by atoms with Gasteiger partial charge in [0.15, 0.2) is 18.2 Å². The third-order valence-corrected chi connectivity index (χ3v) is 4.61. The predicted molar refractivity (Wildman–Crippen MR) is 88.1 cm³/mol. The maximum absolute atomic E-state index is 14.1. The Hall–Kier alpha value is -1.30. The Morgan fingerprint density at radius 1 is 1.20 bits per heavy atom. The monoisotopic (exact) mass is 362 g/mol. The summed E-state index contributed by atoms with van der Waals surface area (Å²) in [5, 5.41) is 0. The molecular weight excluding hydrogens is 336 g/mol. The molecule has 1 heterocycles. The van der Waals surface area contributed by atoms with Crippen LogP contribution in [0.3, 0.4) is 0 Å². The number of halogens is 4. The van der Waals surface area contributed by atoms with Crippen LogP contribution >= 0.6 is 0 Å². The fourth-order valence-corrected chi connectivity index (χ4v) is 3.09. The Labute approximate surface area is 146 Å². The van der Waals surface area contributed by atoms with E-state index in [2.05, 4.69) is 6.92 Å². The highest BCUT2D eigenvalue weighted by Crippen LogP contribution is 2.32. The average Bonchev–Trinajstić information content (AvgIpc) is 2.58. The summed E-state index contributed by atoms with van der Waals surface area (Å²) in [7, 11) is 0. The molecule has 0 N–H and O–H groups in total. The first-order valence-corrected chi connectivity index (χ1v) is 8.89. The van der Waals surface area contributed by atoms with Crippen LogP contribution in [0.15, 0.2) is 12.1 Å². The molecule has 1 aliphatic rings. The summed E-state index contributed by atoms with van der Waals surface area (Å²) in [6.45, 7) is 2.85. The van der Waals surface area contributed by atoms with Crippen molar-refractivity contribution in [3.63, 3.8) is 0 Å². The molecule has 2 rings (SSSR count). The minimum Gasteiger partial charge on any atom is -0.484 e. The van der Waals surface area contributed by atoms with E-state index in [0.29, 0.717) is 13.0 Å². The molecule has 25 heavy (non-hydrogen) atoms. The molecule has 0 amide bonds. The molecule has 0 spiro atoms. The van der Waals surface area contributed by atoms with Gasteiger partial charge in [0.05, 0.1) is 6.10 Å². The van der Waals surface area contributed by atoms with Crippen LogP contribution < -0.4 is 4.74 Å². The van der Waals surface area contributed by atoms with Gasteiger partial charge in [0.2, 0.25) is 5.82 Å². The number of hydrogen-bond acceptors (Lipinski definition) is 2. The summed E-state index contributed by atoms with van der Waals surface area (Å²) in [6.07, 6.45) is 4.43. The van der Waals surface area contributed by atoms with Crippen LogP contribution in [0.4, 0.5) is 17.6 Å². The van der Waals surface area contributed by atoms with Gasteiger partial charge >= 0.3 is 0 Å². The maximum Gasteiger partial charge on any atom is 0.281 e. The number of benzene rings is 1. The fourth-order valence-electron chi connectivity index (χ4n) is 3.09. The number of aryl methyl sites for hydroxylation is 1. The number of ether oxygens (including phenoxy) is 2. The minimum atomic E-state index is -3.11. The lowest BCUT2D eigenvalue weighted by molar-refractivity contribution is -0.0908. The van der Waals surface area contributed by atoms with E-state index in [1.807, 2.05) is 0 Å². The molecule has 2 atom stereocenters. The lowest BCUT2D eigenvalue weighted by Crippen LogP contribution is -2.34. The molecule has 1 aromatic rings. The first-order chi connectivity index (χ1) is 11.8. The van der Waals surface area contributed by atoms with Crippen molar-refractivity contribution in [3.8, 4) is 5.75 Å². The lowest BCUT2D eigenvalue weighted by atomic mass is 9.91. The first kappa shape index (κ1) is 20.0. The molecule has 142 valence electrons. The Morgan fingerprint density at radius 2 is 1.96 bits per heavy atom. The zero-order valence-corrected chi connectivity index (χ0v) is 14.8. The molecule has 2 nitrogen and oxygen atoms in total. The Balaban J connectivity index is 1.81. The minimum absolute atomic E-state index is 0.105. The smallest absolute Gasteiger partial charge is 0.281 e. The number of alkyl halides is 2. The van der Waals surface area contributed by atoms with Crippen molar-refractivity contribution in [1.29, 1.82) is 0 Å². The standard InChI is InChI=1S/C19H26F4O2/c1-3-4-5-15-8-7-14(11-24-15)10-19(22,23)12-25-16-9-6-13(2)17(20)18(16)21/h6,9,14-15H,3-5,7-8,10-12H2,1-2H3. The molecule has 2 unspecified atom stereocenters. The molecule has 0 aliphatic carbocycles. The third-order valence-electron chi connectivity index (χ3n) is 4.61. The zero-order chi connectivity index (χ0) is 18.4. The van der Waals surface area contributed by atoms with Crippen LogP contribution in [0.25, 0.3) is 0 Å². The van der Waals surface area contributed by atoms with Gasteiger partial charge in [-0.25, -0.2) is 13.2 Å². The summed E-state index contributed by atoms with van der Waals surface area (Å²) < 4.78 is 65.9. The van der Waals surface area contributed by atoms with Gasteiger partial charge in [-0.1, -0.05) is 25.8 Å². The van der Waals surface area contributed by atoms with E-state index in [-0.39, 0.29) is 24.0 Å². The molecule has 6 heteroatoms. The molecule has 0 bridgehead atoms. The highest BCUT2D eigenvalue weighted by molar-refractivity contribution is 5.30. The molecule has 1 aromatic carbocycles. The average molecular weight is 362 g/mol. The van der Waals surface area contributed by atoms with E-state index >= 15 is 0 Å². The van der Waals surface area contributed by atoms with Crippen LogP contribution in [0.1, 0.15) is 51.0 Å². The number of rotatable bonds is 8. The maximum atomic E-state index is 14.1. The quantitative estimate of drug-likeness (QED) is 0.555. The molecular formula is C19H26F4O2. The molecule has 1 saturated heterocycles. The summed E-state index contributed by atoms with van der Waals surface area (Å²) >= 11 is 0. The largest absolute Gasteiger partial charge is 0.484 e. The molecule has 1 aliphatic heterocycles. The lowest BCUT2D eigenvalue weighted by Gasteiger charge is -2.31. The van der Waals surface area contributed by atoms with Crippen molar-refractivity contribution in [3.05, 3.63) is 29.3 Å². The Kier molecular flexibility index (Phi) is 7.11. The van der Waals surface area contributed by atoms with Crippen LogP contribution in [0, 0.1) is 24.5 Å². The molecule has 1 fully saturated rings. The zero-order valence-electron chi connectivity index (χ0n) is 14.8. The van der Waals surface area contributed by atoms with Crippen LogP contribution in [0.5, 0.6) is 5.75 Å². The molecule has 0 aromatic heterocycles. The summed E-state index contributed by atoms with van der Waals surface area (Å²) in [4.78, 5) is 0. The SMILES string of the molecule is CCCCC1CCC(CC(F)(F)COc2ccc(C)c(F)c2F)CO1. The third kappa shape index (κ3) is 5.87. The normalized spacial score (nSPS) is 21.4. The number of unbranched alkanes of at least 4 members (excludes halogenated alkanes) is 1. The van der Waals surface area contributed by atoms with Crippen LogP contribution in [0.2, 0.25) is 0 Å². The van der Waals surface area contributed by atoms with E-state index in [1.165, 1.54) is 19.1 Å². The summed E-state index contributed by atoms with van der Waals surface area (Å²) in [5.74, 6) is -6.13. The first-order valence-electron chi connectivity index (χ1n) is 8.89. The van der Waals surface area contributed by atoms with E-state index in [1.54, 1.807) is 0 Å². The van der Waals surface area contributed by atoms with Crippen LogP contribution in [-0.2, 0) is 4.74 Å². The highest BCUT2D eigenvalue weighted by atomic mass is 19.3. The van der Waals surface area contributed by atoms with Gasteiger partial charge in [-0.3, -0.25) is 0 Å². The van der Waals surface area contributed by atoms with Gasteiger partial charge in [0.1, 0.15) is 0 Å². The van der Waals surface area contributed by atoms with Crippen LogP contribution in [-0.4, -0.2) is 25.2 Å². The van der Waals surface area contributed by atoms with E-state index in [0.717, 1.165) is 25.7 Å². The van der Waals surface area contributed by atoms with Crippen molar-refractivity contribution in [2.45, 2.75) is 64.4 Å². The Morgan fingerprint density at radius 3 is 2.60 bits per heavy atom. The second-order valence-corrected chi connectivity index (χ2v) is 6.90. The topological polar surface area (TPSA) is 18.5 Å². The summed E-state index contributed by atoms with van der Waals surface area (Å²) in [5.41, 5.74) is 0.105. The number of hydrogen-bond donors (Lipinski definition) is 0. The van der Waals surface area contributed by atoms with Gasteiger partial charge in [0.25, 0.3) is 5.92 Å². The highest BCUT2D eigenvalue weighted by Gasteiger charge is 2.36. The van der Waals surface area contributed by atoms with Crippen molar-refractivity contribution >= 4 is 0 Å². The molecule has 0 radical (unpaired) electrons. The second kappa shape index (κ2) is 8.88. The van der Waals surface area contributed by atoms with Gasteiger partial charge < -0.3 is 9.47 Å². The predicted octanol–water partition coefficient (Wildman–Crippen LogP) is 5.66. The van der Waals surface area contributed by atoms with Gasteiger partial charge in [-0.15, -0.1) is 0 Å². The van der Waals surface area contributed by atoms with Gasteiger partial charge in [-0.05, 0) is 43.7 Å². The van der Waals surface area contributed by atoms with Gasteiger partial charge in [-0.2, -0.15) is 4.39 Å². The van der Waals surface area contributed by atoms with Crippen molar-refractivity contribution in [2.75, 3.05) is 13.2 Å². The van der Waals surface area contributed by atoms with E-state index in [9.17, 15) is 17.6 Å². The fraction of sp³-hybridized carbons (Fsp3) is 0.684. The Bertz CT molecular complexity index is 555. The van der Waals surface area contributed by atoms with E-state index in [4.69, 9.17) is 9.47 Å². The van der Waals surface area contributed by atoms with Crippen molar-refractivity contribution < 1.29 is 27.0 Å². The van der Waals surface area contributed by atoms with E-state index < -0.39 is 29.9 Å². The van der Waals surface area contributed by atoms with Crippen molar-refractivity contribution in [1.82, 2.24) is 0 Å². The second-order valence-electron chi connectivity index (χ2n) is 6.90. The molecule has 0 saturated carbocycles.